The maximum atomic E-state index is 6.08. The minimum absolute atomic E-state index is 0.0869. The summed E-state index contributed by atoms with van der Waals surface area (Å²) in [5.74, 6) is 1.37. The molecule has 5 nitrogen and oxygen atoms in total. The van der Waals surface area contributed by atoms with Crippen molar-refractivity contribution in [2.75, 3.05) is 7.11 Å². The lowest BCUT2D eigenvalue weighted by Crippen LogP contribution is -2.22. The van der Waals surface area contributed by atoms with Gasteiger partial charge in [-0.25, -0.2) is 0 Å². The van der Waals surface area contributed by atoms with E-state index in [9.17, 15) is 0 Å². The molecule has 1 aromatic heterocycles. The average Bonchev–Trinajstić information content (AvgIpc) is 2.75. The molecule has 3 atom stereocenters. The van der Waals surface area contributed by atoms with Crippen molar-refractivity contribution >= 4 is 0 Å². The molecule has 0 amide bonds. The van der Waals surface area contributed by atoms with Crippen molar-refractivity contribution in [3.8, 4) is 0 Å². The molecule has 0 fully saturated rings. The van der Waals surface area contributed by atoms with Gasteiger partial charge in [0.2, 0.25) is 11.7 Å². The highest BCUT2D eigenvalue weighted by molar-refractivity contribution is 4.99. The SMILES string of the molecule is CCC(C)[C@H](N)c1nc(C(OC)C(C)(C)C)no1. The molecule has 1 rings (SSSR count). The molecule has 18 heavy (non-hydrogen) atoms. The van der Waals surface area contributed by atoms with Gasteiger partial charge in [-0.05, 0) is 11.3 Å². The van der Waals surface area contributed by atoms with E-state index in [2.05, 4.69) is 44.8 Å². The van der Waals surface area contributed by atoms with E-state index >= 15 is 0 Å². The number of aromatic nitrogens is 2. The summed E-state index contributed by atoms with van der Waals surface area (Å²) in [6, 6.07) is -0.214. The molecular weight excluding hydrogens is 230 g/mol. The van der Waals surface area contributed by atoms with Crippen LogP contribution in [0.4, 0.5) is 0 Å². The largest absolute Gasteiger partial charge is 0.373 e. The monoisotopic (exact) mass is 255 g/mol. The Kier molecular flexibility index (Phi) is 4.87. The fraction of sp³-hybridized carbons (Fsp3) is 0.846. The number of hydrogen-bond donors (Lipinski definition) is 1. The number of rotatable bonds is 5. The molecule has 0 saturated heterocycles. The van der Waals surface area contributed by atoms with Crippen LogP contribution in [0.25, 0.3) is 0 Å². The molecule has 0 aliphatic heterocycles. The van der Waals surface area contributed by atoms with Gasteiger partial charge < -0.3 is 15.0 Å². The third kappa shape index (κ3) is 3.29. The van der Waals surface area contributed by atoms with Crippen LogP contribution in [0.15, 0.2) is 4.52 Å². The maximum Gasteiger partial charge on any atom is 0.243 e. The first-order chi connectivity index (χ1) is 8.31. The quantitative estimate of drug-likeness (QED) is 0.875. The van der Waals surface area contributed by atoms with Crippen LogP contribution in [0.3, 0.4) is 0 Å². The molecule has 0 spiro atoms. The van der Waals surface area contributed by atoms with Crippen LogP contribution < -0.4 is 5.73 Å². The summed E-state index contributed by atoms with van der Waals surface area (Å²) in [6.07, 6.45) is 0.783. The van der Waals surface area contributed by atoms with Crippen molar-refractivity contribution in [3.63, 3.8) is 0 Å². The fourth-order valence-electron chi connectivity index (χ4n) is 1.83. The molecule has 0 radical (unpaired) electrons. The summed E-state index contributed by atoms with van der Waals surface area (Å²) >= 11 is 0. The first-order valence-electron chi connectivity index (χ1n) is 6.43. The molecule has 0 aromatic carbocycles. The average molecular weight is 255 g/mol. The Hall–Kier alpha value is -0.940. The lowest BCUT2D eigenvalue weighted by molar-refractivity contribution is 0.00718. The first kappa shape index (κ1) is 15.1. The lowest BCUT2D eigenvalue weighted by atomic mass is 9.88. The smallest absolute Gasteiger partial charge is 0.243 e. The first-order valence-corrected chi connectivity index (χ1v) is 6.43. The van der Waals surface area contributed by atoms with Crippen LogP contribution >= 0.6 is 0 Å². The van der Waals surface area contributed by atoms with Crippen molar-refractivity contribution in [1.82, 2.24) is 10.1 Å². The number of ether oxygens (including phenoxy) is 1. The second-order valence-electron chi connectivity index (χ2n) is 5.88. The molecule has 0 aliphatic rings. The van der Waals surface area contributed by atoms with Crippen LogP contribution in [0.1, 0.15) is 64.9 Å². The lowest BCUT2D eigenvalue weighted by Gasteiger charge is -2.26. The van der Waals surface area contributed by atoms with Gasteiger partial charge in [0, 0.05) is 7.11 Å². The van der Waals surface area contributed by atoms with Crippen molar-refractivity contribution in [3.05, 3.63) is 11.7 Å². The predicted molar refractivity (Wildman–Crippen MR) is 69.9 cm³/mol. The highest BCUT2D eigenvalue weighted by atomic mass is 16.5. The maximum absolute atomic E-state index is 6.08. The predicted octanol–water partition coefficient (Wildman–Crippen LogP) is 2.85. The molecule has 1 heterocycles. The van der Waals surface area contributed by atoms with E-state index in [4.69, 9.17) is 15.0 Å². The second kappa shape index (κ2) is 5.80. The summed E-state index contributed by atoms with van der Waals surface area (Å²) in [4.78, 5) is 4.39. The Morgan fingerprint density at radius 3 is 2.44 bits per heavy atom. The number of methoxy groups -OCH3 is 1. The number of nitrogens with two attached hydrogens (primary N) is 1. The minimum atomic E-state index is -0.214. The van der Waals surface area contributed by atoms with Crippen molar-refractivity contribution in [2.45, 2.75) is 53.2 Å². The van der Waals surface area contributed by atoms with E-state index in [1.54, 1.807) is 7.11 Å². The molecular formula is C13H25N3O2. The summed E-state index contributed by atoms with van der Waals surface area (Å²) in [6.45, 7) is 10.4. The van der Waals surface area contributed by atoms with Crippen LogP contribution in [0.5, 0.6) is 0 Å². The van der Waals surface area contributed by atoms with Gasteiger partial charge in [-0.2, -0.15) is 4.98 Å². The van der Waals surface area contributed by atoms with E-state index in [1.165, 1.54) is 0 Å². The highest BCUT2D eigenvalue weighted by Gasteiger charge is 2.31. The highest BCUT2D eigenvalue weighted by Crippen LogP contribution is 2.34. The Labute approximate surface area is 109 Å². The van der Waals surface area contributed by atoms with Gasteiger partial charge in [0.15, 0.2) is 0 Å². The van der Waals surface area contributed by atoms with E-state index in [0.29, 0.717) is 17.6 Å². The van der Waals surface area contributed by atoms with E-state index in [0.717, 1.165) is 6.42 Å². The molecule has 2 N–H and O–H groups in total. The molecule has 104 valence electrons. The van der Waals surface area contributed by atoms with Crippen molar-refractivity contribution in [2.24, 2.45) is 17.1 Å². The zero-order valence-corrected chi connectivity index (χ0v) is 12.2. The van der Waals surface area contributed by atoms with Crippen LogP contribution in [0, 0.1) is 11.3 Å². The van der Waals surface area contributed by atoms with Gasteiger partial charge in [-0.3, -0.25) is 0 Å². The number of hydrogen-bond acceptors (Lipinski definition) is 5. The molecule has 0 bridgehead atoms. The standard InChI is InChI=1S/C13H25N3O2/c1-7-8(2)9(14)12-15-11(16-18-12)10(17-6)13(3,4)5/h8-10H,7,14H2,1-6H3/t8?,9-,10?/m0/s1. The summed E-state index contributed by atoms with van der Waals surface area (Å²) < 4.78 is 10.7. The zero-order valence-electron chi connectivity index (χ0n) is 12.2. The van der Waals surface area contributed by atoms with Crippen molar-refractivity contribution < 1.29 is 9.26 Å². The Morgan fingerprint density at radius 2 is 2.00 bits per heavy atom. The van der Waals surface area contributed by atoms with Gasteiger partial charge in [-0.15, -0.1) is 0 Å². The Balaban J connectivity index is 2.92. The molecule has 2 unspecified atom stereocenters. The van der Waals surface area contributed by atoms with Gasteiger partial charge in [-0.1, -0.05) is 46.2 Å². The van der Waals surface area contributed by atoms with Gasteiger partial charge in [0.25, 0.3) is 0 Å². The fourth-order valence-corrected chi connectivity index (χ4v) is 1.83. The van der Waals surface area contributed by atoms with Crippen LogP contribution in [-0.4, -0.2) is 17.3 Å². The van der Waals surface area contributed by atoms with Gasteiger partial charge in [0.05, 0.1) is 6.04 Å². The third-order valence-electron chi connectivity index (χ3n) is 3.26. The second-order valence-corrected chi connectivity index (χ2v) is 5.88. The Bertz CT molecular complexity index is 371. The molecule has 5 heteroatoms. The van der Waals surface area contributed by atoms with Crippen LogP contribution in [-0.2, 0) is 4.74 Å². The normalized spacial score (nSPS) is 17.5. The van der Waals surface area contributed by atoms with Gasteiger partial charge in [0.1, 0.15) is 6.10 Å². The summed E-state index contributed by atoms with van der Waals surface area (Å²) in [5, 5.41) is 4.00. The molecule has 1 aromatic rings. The van der Waals surface area contributed by atoms with E-state index < -0.39 is 0 Å². The van der Waals surface area contributed by atoms with E-state index in [1.807, 2.05) is 0 Å². The van der Waals surface area contributed by atoms with Gasteiger partial charge >= 0.3 is 0 Å². The topological polar surface area (TPSA) is 74.2 Å². The molecule has 0 aliphatic carbocycles. The Morgan fingerprint density at radius 1 is 1.39 bits per heavy atom. The van der Waals surface area contributed by atoms with Crippen LogP contribution in [0.2, 0.25) is 0 Å². The zero-order chi connectivity index (χ0) is 13.9. The van der Waals surface area contributed by atoms with Crippen molar-refractivity contribution in [1.29, 1.82) is 0 Å². The summed E-state index contributed by atoms with van der Waals surface area (Å²) in [5.41, 5.74) is 5.99. The minimum Gasteiger partial charge on any atom is -0.373 e. The summed E-state index contributed by atoms with van der Waals surface area (Å²) in [7, 11) is 1.65. The van der Waals surface area contributed by atoms with E-state index in [-0.39, 0.29) is 17.6 Å². The molecule has 0 saturated carbocycles. The number of nitrogens with zero attached hydrogens (tertiary/aromatic N) is 2. The third-order valence-corrected chi connectivity index (χ3v) is 3.26.